The second kappa shape index (κ2) is 6.03. The number of rotatable bonds is 5. The number of nitrogens with zero attached hydrogens (tertiary/aromatic N) is 1. The molecule has 0 amide bonds. The van der Waals surface area contributed by atoms with Gasteiger partial charge in [0.25, 0.3) is 0 Å². The van der Waals surface area contributed by atoms with E-state index in [0.29, 0.717) is 5.89 Å². The Labute approximate surface area is 112 Å². The number of hydrogen-bond donors (Lipinski definition) is 1. The Balaban J connectivity index is 2.11. The number of benzene rings is 1. The average molecular weight is 265 g/mol. The van der Waals surface area contributed by atoms with Gasteiger partial charge in [-0.3, -0.25) is 0 Å². The van der Waals surface area contributed by atoms with Gasteiger partial charge in [0.1, 0.15) is 6.26 Å². The van der Waals surface area contributed by atoms with Crippen LogP contribution >= 0.6 is 11.6 Å². The van der Waals surface area contributed by atoms with Crippen LogP contribution in [0.4, 0.5) is 0 Å². The van der Waals surface area contributed by atoms with Crippen molar-refractivity contribution in [3.05, 3.63) is 40.7 Å². The summed E-state index contributed by atoms with van der Waals surface area (Å²) in [6.45, 7) is 5.84. The minimum atomic E-state index is 0.642. The summed E-state index contributed by atoms with van der Waals surface area (Å²) in [6.07, 6.45) is 2.81. The predicted octanol–water partition coefficient (Wildman–Crippen LogP) is 3.80. The molecule has 0 radical (unpaired) electrons. The van der Waals surface area contributed by atoms with E-state index >= 15 is 0 Å². The van der Waals surface area contributed by atoms with E-state index in [2.05, 4.69) is 17.2 Å². The molecule has 0 unspecified atom stereocenters. The first kappa shape index (κ1) is 13.1. The molecule has 2 rings (SSSR count). The second-order valence-electron chi connectivity index (χ2n) is 4.28. The predicted molar refractivity (Wildman–Crippen MR) is 73.7 cm³/mol. The zero-order chi connectivity index (χ0) is 13.0. The highest BCUT2D eigenvalue weighted by Crippen LogP contribution is 2.24. The number of aryl methyl sites for hydroxylation is 1. The topological polar surface area (TPSA) is 38.1 Å². The van der Waals surface area contributed by atoms with Gasteiger partial charge in [-0.25, -0.2) is 4.98 Å². The van der Waals surface area contributed by atoms with E-state index in [4.69, 9.17) is 16.0 Å². The molecule has 0 atom stereocenters. The summed E-state index contributed by atoms with van der Waals surface area (Å²) in [6, 6.07) is 5.77. The van der Waals surface area contributed by atoms with Gasteiger partial charge in [-0.2, -0.15) is 0 Å². The average Bonchev–Trinajstić information content (AvgIpc) is 2.82. The van der Waals surface area contributed by atoms with Gasteiger partial charge in [-0.1, -0.05) is 18.5 Å². The lowest BCUT2D eigenvalue weighted by molar-refractivity contribution is 0.570. The van der Waals surface area contributed by atoms with Crippen molar-refractivity contribution in [3.8, 4) is 11.5 Å². The summed E-state index contributed by atoms with van der Waals surface area (Å²) in [5.41, 5.74) is 2.91. The molecule has 18 heavy (non-hydrogen) atoms. The van der Waals surface area contributed by atoms with Crippen LogP contribution in [0.1, 0.15) is 24.6 Å². The van der Waals surface area contributed by atoms with Crippen molar-refractivity contribution in [2.24, 2.45) is 0 Å². The molecule has 0 fully saturated rings. The Morgan fingerprint density at radius 1 is 1.39 bits per heavy atom. The van der Waals surface area contributed by atoms with Gasteiger partial charge in [0.05, 0.1) is 5.69 Å². The van der Waals surface area contributed by atoms with E-state index in [-0.39, 0.29) is 0 Å². The van der Waals surface area contributed by atoms with Crippen molar-refractivity contribution in [3.63, 3.8) is 0 Å². The molecule has 1 N–H and O–H groups in total. The zero-order valence-electron chi connectivity index (χ0n) is 10.7. The summed E-state index contributed by atoms with van der Waals surface area (Å²) < 4.78 is 5.48. The van der Waals surface area contributed by atoms with E-state index in [1.807, 2.05) is 25.1 Å². The summed E-state index contributed by atoms with van der Waals surface area (Å²) in [5.74, 6) is 0.642. The van der Waals surface area contributed by atoms with Gasteiger partial charge >= 0.3 is 0 Å². The summed E-state index contributed by atoms with van der Waals surface area (Å²) in [5, 5.41) is 4.05. The van der Waals surface area contributed by atoms with Gasteiger partial charge in [-0.15, -0.1) is 0 Å². The monoisotopic (exact) mass is 264 g/mol. The van der Waals surface area contributed by atoms with Crippen LogP contribution in [-0.2, 0) is 6.54 Å². The van der Waals surface area contributed by atoms with Gasteiger partial charge < -0.3 is 9.73 Å². The Morgan fingerprint density at radius 3 is 2.94 bits per heavy atom. The molecule has 0 bridgehead atoms. The molecule has 0 aliphatic heterocycles. The Morgan fingerprint density at radius 2 is 2.22 bits per heavy atom. The van der Waals surface area contributed by atoms with Crippen molar-refractivity contribution in [1.82, 2.24) is 10.3 Å². The third-order valence-electron chi connectivity index (χ3n) is 2.69. The van der Waals surface area contributed by atoms with Crippen LogP contribution in [0.3, 0.4) is 0 Å². The molecule has 4 heteroatoms. The van der Waals surface area contributed by atoms with Crippen molar-refractivity contribution in [2.75, 3.05) is 6.54 Å². The van der Waals surface area contributed by atoms with E-state index in [0.717, 1.165) is 41.4 Å². The van der Waals surface area contributed by atoms with Gasteiger partial charge in [-0.05, 0) is 43.7 Å². The number of nitrogens with one attached hydrogen (secondary N) is 1. The van der Waals surface area contributed by atoms with Crippen LogP contribution in [0.15, 0.2) is 28.9 Å². The minimum Gasteiger partial charge on any atom is -0.444 e. The number of hydrogen-bond acceptors (Lipinski definition) is 3. The van der Waals surface area contributed by atoms with E-state index in [1.165, 1.54) is 0 Å². The third-order valence-corrected chi connectivity index (χ3v) is 3.11. The molecule has 0 aliphatic rings. The van der Waals surface area contributed by atoms with E-state index in [9.17, 15) is 0 Å². The van der Waals surface area contributed by atoms with Crippen LogP contribution in [0.2, 0.25) is 5.02 Å². The zero-order valence-corrected chi connectivity index (χ0v) is 11.4. The molecule has 3 nitrogen and oxygen atoms in total. The fourth-order valence-electron chi connectivity index (χ4n) is 1.69. The Kier molecular flexibility index (Phi) is 4.39. The first-order chi connectivity index (χ1) is 8.70. The molecule has 2 aromatic rings. The minimum absolute atomic E-state index is 0.642. The SMILES string of the molecule is CCCNCc1coc(-c2ccc(Cl)c(C)c2)n1. The molecule has 1 aromatic heterocycles. The van der Waals surface area contributed by atoms with Crippen LogP contribution in [0.5, 0.6) is 0 Å². The molecule has 0 spiro atoms. The lowest BCUT2D eigenvalue weighted by Crippen LogP contribution is -2.13. The lowest BCUT2D eigenvalue weighted by atomic mass is 10.1. The first-order valence-corrected chi connectivity index (χ1v) is 6.50. The van der Waals surface area contributed by atoms with Crippen LogP contribution < -0.4 is 5.32 Å². The van der Waals surface area contributed by atoms with Crippen LogP contribution in [-0.4, -0.2) is 11.5 Å². The Hall–Kier alpha value is -1.32. The highest BCUT2D eigenvalue weighted by atomic mass is 35.5. The molecule has 1 aromatic carbocycles. The molecule has 0 saturated carbocycles. The van der Waals surface area contributed by atoms with Crippen molar-refractivity contribution < 1.29 is 4.42 Å². The standard InChI is InChI=1S/C14H17ClN2O/c1-3-6-16-8-12-9-18-14(17-12)11-4-5-13(15)10(2)7-11/h4-5,7,9,16H,3,6,8H2,1-2H3. The molecular formula is C14H17ClN2O. The van der Waals surface area contributed by atoms with Crippen molar-refractivity contribution in [1.29, 1.82) is 0 Å². The number of oxazole rings is 1. The fourth-order valence-corrected chi connectivity index (χ4v) is 1.81. The van der Waals surface area contributed by atoms with Gasteiger partial charge in [0.15, 0.2) is 0 Å². The summed E-state index contributed by atoms with van der Waals surface area (Å²) >= 11 is 6.00. The maximum absolute atomic E-state index is 6.00. The molecular weight excluding hydrogens is 248 g/mol. The summed E-state index contributed by atoms with van der Waals surface area (Å²) in [7, 11) is 0. The first-order valence-electron chi connectivity index (χ1n) is 6.12. The third kappa shape index (κ3) is 3.12. The maximum Gasteiger partial charge on any atom is 0.226 e. The van der Waals surface area contributed by atoms with E-state index < -0.39 is 0 Å². The van der Waals surface area contributed by atoms with Crippen molar-refractivity contribution in [2.45, 2.75) is 26.8 Å². The van der Waals surface area contributed by atoms with E-state index in [1.54, 1.807) is 6.26 Å². The van der Waals surface area contributed by atoms with Crippen LogP contribution in [0.25, 0.3) is 11.5 Å². The highest BCUT2D eigenvalue weighted by Gasteiger charge is 2.07. The smallest absolute Gasteiger partial charge is 0.226 e. The molecule has 96 valence electrons. The van der Waals surface area contributed by atoms with Gasteiger partial charge in [0.2, 0.25) is 5.89 Å². The highest BCUT2D eigenvalue weighted by molar-refractivity contribution is 6.31. The summed E-state index contributed by atoms with van der Waals surface area (Å²) in [4.78, 5) is 4.45. The quantitative estimate of drug-likeness (QED) is 0.835. The van der Waals surface area contributed by atoms with Crippen molar-refractivity contribution >= 4 is 11.6 Å². The fraction of sp³-hybridized carbons (Fsp3) is 0.357. The number of aromatic nitrogens is 1. The van der Waals surface area contributed by atoms with Gasteiger partial charge in [0, 0.05) is 17.1 Å². The Bertz CT molecular complexity index is 522. The number of halogens is 1. The maximum atomic E-state index is 6.00. The normalized spacial score (nSPS) is 10.8. The second-order valence-corrected chi connectivity index (χ2v) is 4.69. The molecule has 1 heterocycles. The molecule has 0 saturated heterocycles. The van der Waals surface area contributed by atoms with Crippen LogP contribution in [0, 0.1) is 6.92 Å². The lowest BCUT2D eigenvalue weighted by Gasteiger charge is -2.00. The molecule has 0 aliphatic carbocycles. The largest absolute Gasteiger partial charge is 0.444 e.